The van der Waals surface area contributed by atoms with Crippen LogP contribution in [0.5, 0.6) is 0 Å². The maximum atomic E-state index is 13.1. The van der Waals surface area contributed by atoms with Crippen molar-refractivity contribution in [3.8, 4) is 0 Å². The van der Waals surface area contributed by atoms with Crippen LogP contribution in [-0.4, -0.2) is 35.7 Å². The number of nitrogens with zero attached hydrogens (tertiary/aromatic N) is 1. The summed E-state index contributed by atoms with van der Waals surface area (Å²) in [4.78, 5) is 39.4. The molecule has 1 heterocycles. The van der Waals surface area contributed by atoms with Gasteiger partial charge in [0.2, 0.25) is 11.8 Å². The predicted octanol–water partition coefficient (Wildman–Crippen LogP) is 3.74. The molecule has 4 rings (SSSR count). The Labute approximate surface area is 191 Å². The minimum absolute atomic E-state index is 0.0167. The Balaban J connectivity index is 1.27. The molecule has 1 fully saturated rings. The highest BCUT2D eigenvalue weighted by Crippen LogP contribution is 2.23. The first kappa shape index (κ1) is 21.8. The fourth-order valence-corrected chi connectivity index (χ4v) is 4.12. The number of fused-ring (bicyclic) bond motifs is 1. The van der Waals surface area contributed by atoms with Crippen molar-refractivity contribution < 1.29 is 14.4 Å². The summed E-state index contributed by atoms with van der Waals surface area (Å²) in [6.45, 7) is 0.998. The van der Waals surface area contributed by atoms with Crippen molar-refractivity contribution in [1.29, 1.82) is 0 Å². The second-order valence-corrected chi connectivity index (χ2v) is 8.37. The van der Waals surface area contributed by atoms with E-state index in [1.165, 1.54) is 0 Å². The van der Waals surface area contributed by atoms with Crippen LogP contribution < -0.4 is 10.9 Å². The molecular weight excluding hydrogens is 426 g/mol. The quantitative estimate of drug-likeness (QED) is 0.595. The van der Waals surface area contributed by atoms with E-state index in [0.29, 0.717) is 36.5 Å². The molecule has 0 saturated carbocycles. The third kappa shape index (κ3) is 5.08. The smallest absolute Gasteiger partial charge is 0.254 e. The molecule has 32 heavy (non-hydrogen) atoms. The first-order valence-electron chi connectivity index (χ1n) is 10.6. The van der Waals surface area contributed by atoms with Gasteiger partial charge < -0.3 is 4.90 Å². The van der Waals surface area contributed by atoms with Crippen molar-refractivity contribution in [3.05, 3.63) is 82.9 Å². The number of nitrogens with one attached hydrogen (secondary N) is 2. The summed E-state index contributed by atoms with van der Waals surface area (Å²) < 4.78 is 0. The zero-order valence-electron chi connectivity index (χ0n) is 17.5. The normalized spacial score (nSPS) is 14.2. The van der Waals surface area contributed by atoms with Crippen molar-refractivity contribution in [3.63, 3.8) is 0 Å². The van der Waals surface area contributed by atoms with Gasteiger partial charge in [-0.1, -0.05) is 60.1 Å². The van der Waals surface area contributed by atoms with Gasteiger partial charge in [0.25, 0.3) is 5.91 Å². The van der Waals surface area contributed by atoms with Gasteiger partial charge in [0.15, 0.2) is 0 Å². The third-order valence-corrected chi connectivity index (χ3v) is 6.03. The van der Waals surface area contributed by atoms with Gasteiger partial charge >= 0.3 is 0 Å². The third-order valence-electron chi connectivity index (χ3n) is 5.78. The summed E-state index contributed by atoms with van der Waals surface area (Å²) in [6, 6.07) is 20.5. The molecule has 3 aromatic rings. The van der Waals surface area contributed by atoms with Gasteiger partial charge in [0.1, 0.15) is 0 Å². The minimum atomic E-state index is -0.302. The molecule has 0 atom stereocenters. The molecule has 7 heteroatoms. The van der Waals surface area contributed by atoms with Crippen LogP contribution >= 0.6 is 11.6 Å². The summed E-state index contributed by atoms with van der Waals surface area (Å²) in [5, 5.41) is 2.57. The molecule has 1 aliphatic heterocycles. The molecule has 0 radical (unpaired) electrons. The molecule has 0 aliphatic carbocycles. The van der Waals surface area contributed by atoms with Crippen LogP contribution in [0, 0.1) is 5.92 Å². The van der Waals surface area contributed by atoms with E-state index >= 15 is 0 Å². The number of hydrogen-bond donors (Lipinski definition) is 2. The Morgan fingerprint density at radius 2 is 1.56 bits per heavy atom. The fourth-order valence-electron chi connectivity index (χ4n) is 3.99. The summed E-state index contributed by atoms with van der Waals surface area (Å²) in [7, 11) is 0. The molecule has 0 unspecified atom stereocenters. The monoisotopic (exact) mass is 449 g/mol. The summed E-state index contributed by atoms with van der Waals surface area (Å²) in [5.41, 5.74) is 6.47. The number of amides is 3. The Morgan fingerprint density at radius 1 is 0.875 bits per heavy atom. The van der Waals surface area contributed by atoms with Crippen LogP contribution in [0.2, 0.25) is 5.02 Å². The molecule has 0 aromatic heterocycles. The highest BCUT2D eigenvalue weighted by atomic mass is 35.5. The van der Waals surface area contributed by atoms with Crippen molar-refractivity contribution in [2.24, 2.45) is 5.92 Å². The van der Waals surface area contributed by atoms with E-state index in [9.17, 15) is 14.4 Å². The first-order chi connectivity index (χ1) is 15.5. The fraction of sp³-hybridized carbons (Fsp3) is 0.240. The van der Waals surface area contributed by atoms with Gasteiger partial charge in [-0.05, 0) is 47.4 Å². The van der Waals surface area contributed by atoms with Gasteiger partial charge in [-0.2, -0.15) is 0 Å². The largest absolute Gasteiger partial charge is 0.339 e. The second-order valence-electron chi connectivity index (χ2n) is 7.93. The molecule has 0 bridgehead atoms. The average Bonchev–Trinajstić information content (AvgIpc) is 2.83. The lowest BCUT2D eigenvalue weighted by Gasteiger charge is -2.31. The maximum absolute atomic E-state index is 13.1. The van der Waals surface area contributed by atoms with Gasteiger partial charge in [-0.25, -0.2) is 0 Å². The lowest BCUT2D eigenvalue weighted by Crippen LogP contribution is -2.48. The van der Waals surface area contributed by atoms with Gasteiger partial charge in [0, 0.05) is 29.6 Å². The zero-order valence-corrected chi connectivity index (χ0v) is 18.3. The van der Waals surface area contributed by atoms with Crippen molar-refractivity contribution >= 4 is 40.1 Å². The lowest BCUT2D eigenvalue weighted by molar-refractivity contribution is -0.131. The van der Waals surface area contributed by atoms with Crippen LogP contribution in [-0.2, 0) is 16.0 Å². The molecule has 1 aliphatic rings. The minimum Gasteiger partial charge on any atom is -0.339 e. The molecule has 6 nitrogen and oxygen atoms in total. The molecule has 3 amide bonds. The van der Waals surface area contributed by atoms with E-state index in [4.69, 9.17) is 11.6 Å². The lowest BCUT2D eigenvalue weighted by atomic mass is 9.95. The highest BCUT2D eigenvalue weighted by Gasteiger charge is 2.28. The van der Waals surface area contributed by atoms with Crippen LogP contribution in [0.4, 0.5) is 0 Å². The Kier molecular flexibility index (Phi) is 6.71. The Hall–Kier alpha value is -3.38. The summed E-state index contributed by atoms with van der Waals surface area (Å²) in [5.74, 6) is -0.796. The number of rotatable bonds is 4. The van der Waals surface area contributed by atoms with Crippen molar-refractivity contribution in [1.82, 2.24) is 15.8 Å². The molecule has 1 saturated heterocycles. The number of hydrazine groups is 1. The molecule has 0 spiro atoms. The summed E-state index contributed by atoms with van der Waals surface area (Å²) >= 11 is 5.85. The number of carbonyl (C=O) groups is 3. The van der Waals surface area contributed by atoms with E-state index in [1.807, 2.05) is 42.5 Å². The van der Waals surface area contributed by atoms with E-state index in [1.54, 1.807) is 29.2 Å². The number of likely N-dealkylation sites (tertiary alicyclic amines) is 1. The van der Waals surface area contributed by atoms with Crippen molar-refractivity contribution in [2.75, 3.05) is 13.1 Å². The SMILES string of the molecule is O=C(Cc1ccc(Cl)cc1)NNC(=O)C1CCN(C(=O)c2cccc3ccccc23)CC1. The van der Waals surface area contributed by atoms with Gasteiger partial charge in [-0.3, -0.25) is 25.2 Å². The van der Waals surface area contributed by atoms with Gasteiger partial charge in [-0.15, -0.1) is 0 Å². The van der Waals surface area contributed by atoms with E-state index in [-0.39, 0.29) is 30.1 Å². The maximum Gasteiger partial charge on any atom is 0.254 e. The number of benzene rings is 3. The summed E-state index contributed by atoms with van der Waals surface area (Å²) in [6.07, 6.45) is 1.25. The van der Waals surface area contributed by atoms with Gasteiger partial charge in [0.05, 0.1) is 6.42 Å². The van der Waals surface area contributed by atoms with E-state index in [0.717, 1.165) is 16.3 Å². The number of halogens is 1. The highest BCUT2D eigenvalue weighted by molar-refractivity contribution is 6.30. The standard InChI is InChI=1S/C25H24ClN3O3/c26-20-10-8-17(9-11-20)16-23(30)27-28-24(31)19-12-14-29(15-13-19)25(32)22-7-3-5-18-4-1-2-6-21(18)22/h1-11,19H,12-16H2,(H,27,30)(H,28,31). The van der Waals surface area contributed by atoms with Crippen molar-refractivity contribution in [2.45, 2.75) is 19.3 Å². The average molecular weight is 450 g/mol. The first-order valence-corrected chi connectivity index (χ1v) is 11.0. The molecule has 164 valence electrons. The number of piperidine rings is 1. The second kappa shape index (κ2) is 9.83. The predicted molar refractivity (Wildman–Crippen MR) is 124 cm³/mol. The zero-order chi connectivity index (χ0) is 22.5. The van der Waals surface area contributed by atoms with Crippen LogP contribution in [0.15, 0.2) is 66.7 Å². The Morgan fingerprint density at radius 3 is 2.31 bits per heavy atom. The van der Waals surface area contributed by atoms with Crippen LogP contribution in [0.1, 0.15) is 28.8 Å². The number of carbonyl (C=O) groups excluding carboxylic acids is 3. The van der Waals surface area contributed by atoms with E-state index in [2.05, 4.69) is 10.9 Å². The van der Waals surface area contributed by atoms with Crippen LogP contribution in [0.25, 0.3) is 10.8 Å². The molecular formula is C25H24ClN3O3. The van der Waals surface area contributed by atoms with Crippen LogP contribution in [0.3, 0.4) is 0 Å². The molecule has 2 N–H and O–H groups in total. The Bertz CT molecular complexity index is 1130. The number of hydrogen-bond acceptors (Lipinski definition) is 3. The van der Waals surface area contributed by atoms with E-state index < -0.39 is 0 Å². The molecule has 3 aromatic carbocycles. The topological polar surface area (TPSA) is 78.5 Å².